The number of benzene rings is 1. The third-order valence-corrected chi connectivity index (χ3v) is 7.15. The summed E-state index contributed by atoms with van der Waals surface area (Å²) in [5.74, 6) is 1.08. The van der Waals surface area contributed by atoms with E-state index in [1.54, 1.807) is 23.1 Å². The lowest BCUT2D eigenvalue weighted by atomic mass is 10.2. The van der Waals surface area contributed by atoms with Crippen molar-refractivity contribution in [2.75, 3.05) is 38.5 Å². The predicted octanol–water partition coefficient (Wildman–Crippen LogP) is 3.76. The predicted molar refractivity (Wildman–Crippen MR) is 114 cm³/mol. The van der Waals surface area contributed by atoms with Gasteiger partial charge in [-0.1, -0.05) is 12.1 Å². The highest BCUT2D eigenvalue weighted by atomic mass is 32.2. The number of carbonyl (C=O) groups excluding carboxylic acids is 1. The molecule has 1 aromatic heterocycles. The maximum Gasteiger partial charge on any atom is 0.255 e. The minimum absolute atomic E-state index is 0.158. The molecule has 4 rings (SSSR count). The molecule has 0 aliphatic carbocycles. The Morgan fingerprint density at radius 2 is 2.14 bits per heavy atom. The molecule has 2 aliphatic rings. The second kappa shape index (κ2) is 9.87. The fraction of sp³-hybridized carbons (Fsp3) is 0.524. The molecule has 2 aromatic rings. The van der Waals surface area contributed by atoms with Crippen molar-refractivity contribution in [3.8, 4) is 0 Å². The van der Waals surface area contributed by atoms with Gasteiger partial charge in [-0.05, 0) is 31.4 Å². The van der Waals surface area contributed by atoms with Crippen LogP contribution in [-0.2, 0) is 11.3 Å². The summed E-state index contributed by atoms with van der Waals surface area (Å²) in [6.07, 6.45) is 3.60. The zero-order chi connectivity index (χ0) is 19.2. The minimum atomic E-state index is 0.158. The summed E-state index contributed by atoms with van der Waals surface area (Å²) in [5.41, 5.74) is 3.84. The normalized spacial score (nSPS) is 21.0. The number of aromatic nitrogens is 1. The summed E-state index contributed by atoms with van der Waals surface area (Å²) in [4.78, 5) is 23.1. The Balaban J connectivity index is 1.37. The Morgan fingerprint density at radius 1 is 1.21 bits per heavy atom. The molecule has 3 heterocycles. The lowest BCUT2D eigenvalue weighted by Gasteiger charge is -2.23. The van der Waals surface area contributed by atoms with Crippen LogP contribution in [0.25, 0.3) is 0 Å². The van der Waals surface area contributed by atoms with Gasteiger partial charge in [-0.25, -0.2) is 4.98 Å². The van der Waals surface area contributed by atoms with Gasteiger partial charge in [0.25, 0.3) is 5.91 Å². The van der Waals surface area contributed by atoms with E-state index in [1.165, 1.54) is 0 Å². The number of thiazole rings is 1. The van der Waals surface area contributed by atoms with Gasteiger partial charge in [-0.3, -0.25) is 9.69 Å². The third-order valence-electron chi connectivity index (χ3n) is 5.31. The molecule has 2 saturated heterocycles. The average Bonchev–Trinajstić information content (AvgIpc) is 3.38. The summed E-state index contributed by atoms with van der Waals surface area (Å²) in [6.45, 7) is 5.24. The van der Waals surface area contributed by atoms with E-state index in [-0.39, 0.29) is 5.91 Å². The summed E-state index contributed by atoms with van der Waals surface area (Å²) < 4.78 is 5.74. The molecule has 1 unspecified atom stereocenters. The Kier molecular flexibility index (Phi) is 7.01. The fourth-order valence-electron chi connectivity index (χ4n) is 3.77. The standard InChI is InChI=1S/C21H27N3O2S2/c25-21(19-6-1-2-7-20(19)28-15-18-5-3-12-26-18)24-9-4-8-23(10-11-24)13-17-14-27-16-22-17/h1-2,6-7,14,16,18H,3-5,8-13,15H2. The lowest BCUT2D eigenvalue weighted by molar-refractivity contribution is 0.0757. The smallest absolute Gasteiger partial charge is 0.255 e. The van der Waals surface area contributed by atoms with Crippen LogP contribution in [0.1, 0.15) is 35.3 Å². The second-order valence-corrected chi connectivity index (χ2v) is 9.12. The van der Waals surface area contributed by atoms with E-state index < -0.39 is 0 Å². The minimum Gasteiger partial charge on any atom is -0.377 e. The average molecular weight is 418 g/mol. The Hall–Kier alpha value is -1.41. The first-order chi connectivity index (χ1) is 13.8. The first kappa shape index (κ1) is 19.9. The number of rotatable bonds is 6. The first-order valence-corrected chi connectivity index (χ1v) is 11.9. The quantitative estimate of drug-likeness (QED) is 0.670. The van der Waals surface area contributed by atoms with Gasteiger partial charge < -0.3 is 9.64 Å². The number of carbonyl (C=O) groups is 1. The van der Waals surface area contributed by atoms with E-state index in [0.29, 0.717) is 6.10 Å². The van der Waals surface area contributed by atoms with Gasteiger partial charge in [0.1, 0.15) is 0 Å². The van der Waals surface area contributed by atoms with E-state index in [4.69, 9.17) is 4.74 Å². The van der Waals surface area contributed by atoms with Gasteiger partial charge in [0.15, 0.2) is 0 Å². The monoisotopic (exact) mass is 417 g/mol. The Bertz CT molecular complexity index is 763. The Labute approximate surface area is 175 Å². The van der Waals surface area contributed by atoms with E-state index in [2.05, 4.69) is 21.3 Å². The van der Waals surface area contributed by atoms with Crippen LogP contribution in [0, 0.1) is 0 Å². The molecule has 150 valence electrons. The molecule has 1 aromatic carbocycles. The number of hydrogen-bond acceptors (Lipinski definition) is 6. The van der Waals surface area contributed by atoms with Crippen LogP contribution in [-0.4, -0.2) is 65.3 Å². The van der Waals surface area contributed by atoms with Crippen LogP contribution in [0.2, 0.25) is 0 Å². The van der Waals surface area contributed by atoms with E-state index in [0.717, 1.165) is 80.5 Å². The zero-order valence-electron chi connectivity index (χ0n) is 16.1. The maximum absolute atomic E-state index is 13.2. The SMILES string of the molecule is O=C(c1ccccc1SCC1CCCO1)N1CCCN(Cc2cscn2)CC1. The van der Waals surface area contributed by atoms with E-state index in [1.807, 2.05) is 28.6 Å². The summed E-state index contributed by atoms with van der Waals surface area (Å²) in [5, 5.41) is 2.11. The fourth-order valence-corrected chi connectivity index (χ4v) is 5.44. The molecule has 0 bridgehead atoms. The van der Waals surface area contributed by atoms with Crippen molar-refractivity contribution in [3.63, 3.8) is 0 Å². The van der Waals surface area contributed by atoms with Crippen LogP contribution in [0.5, 0.6) is 0 Å². The molecule has 2 aliphatic heterocycles. The van der Waals surface area contributed by atoms with Crippen LogP contribution in [0.4, 0.5) is 0 Å². The zero-order valence-corrected chi connectivity index (χ0v) is 17.7. The van der Waals surface area contributed by atoms with Gasteiger partial charge in [0.2, 0.25) is 0 Å². The highest BCUT2D eigenvalue weighted by Crippen LogP contribution is 2.28. The van der Waals surface area contributed by atoms with Crippen LogP contribution in [0.3, 0.4) is 0 Å². The molecule has 0 saturated carbocycles. The van der Waals surface area contributed by atoms with Crippen LogP contribution < -0.4 is 0 Å². The molecule has 0 spiro atoms. The number of hydrogen-bond donors (Lipinski definition) is 0. The third kappa shape index (κ3) is 5.14. The van der Waals surface area contributed by atoms with Crippen molar-refractivity contribution in [2.45, 2.75) is 36.8 Å². The molecular formula is C21H27N3O2S2. The molecule has 28 heavy (non-hydrogen) atoms. The highest BCUT2D eigenvalue weighted by Gasteiger charge is 2.23. The first-order valence-electron chi connectivity index (χ1n) is 10.0. The van der Waals surface area contributed by atoms with Crippen LogP contribution >= 0.6 is 23.1 Å². The van der Waals surface area contributed by atoms with Crippen molar-refractivity contribution in [2.24, 2.45) is 0 Å². The lowest BCUT2D eigenvalue weighted by Crippen LogP contribution is -2.35. The number of amides is 1. The van der Waals surface area contributed by atoms with Gasteiger partial charge in [0, 0.05) is 55.4 Å². The van der Waals surface area contributed by atoms with Crippen molar-refractivity contribution >= 4 is 29.0 Å². The number of nitrogens with zero attached hydrogens (tertiary/aromatic N) is 3. The van der Waals surface area contributed by atoms with Gasteiger partial charge in [0.05, 0.1) is 22.9 Å². The van der Waals surface area contributed by atoms with E-state index in [9.17, 15) is 4.79 Å². The van der Waals surface area contributed by atoms with Gasteiger partial charge >= 0.3 is 0 Å². The van der Waals surface area contributed by atoms with Gasteiger partial charge in [-0.15, -0.1) is 23.1 Å². The highest BCUT2D eigenvalue weighted by molar-refractivity contribution is 7.99. The van der Waals surface area contributed by atoms with Crippen molar-refractivity contribution < 1.29 is 9.53 Å². The molecule has 2 fully saturated rings. The summed E-state index contributed by atoms with van der Waals surface area (Å²) in [7, 11) is 0. The second-order valence-electron chi connectivity index (χ2n) is 7.34. The topological polar surface area (TPSA) is 45.7 Å². The molecule has 1 atom stereocenters. The molecule has 7 heteroatoms. The van der Waals surface area contributed by atoms with Crippen molar-refractivity contribution in [1.29, 1.82) is 0 Å². The van der Waals surface area contributed by atoms with E-state index >= 15 is 0 Å². The molecule has 0 radical (unpaired) electrons. The largest absolute Gasteiger partial charge is 0.377 e. The number of ether oxygens (including phenoxy) is 1. The van der Waals surface area contributed by atoms with Gasteiger partial charge in [-0.2, -0.15) is 0 Å². The molecule has 5 nitrogen and oxygen atoms in total. The summed E-state index contributed by atoms with van der Waals surface area (Å²) >= 11 is 3.39. The number of thioether (sulfide) groups is 1. The molecule has 1 amide bonds. The van der Waals surface area contributed by atoms with Crippen molar-refractivity contribution in [3.05, 3.63) is 46.4 Å². The maximum atomic E-state index is 13.2. The van der Waals surface area contributed by atoms with Crippen LogP contribution in [0.15, 0.2) is 40.1 Å². The molecular weight excluding hydrogens is 390 g/mol. The van der Waals surface area contributed by atoms with Crippen molar-refractivity contribution in [1.82, 2.24) is 14.8 Å². The Morgan fingerprint density at radius 3 is 2.96 bits per heavy atom. The summed E-state index contributed by atoms with van der Waals surface area (Å²) in [6, 6.07) is 8.03. The molecule has 0 N–H and O–H groups in total.